The molecule has 8 heteroatoms. The van der Waals surface area contributed by atoms with Gasteiger partial charge >= 0.3 is 0 Å². The van der Waals surface area contributed by atoms with Gasteiger partial charge in [0, 0.05) is 31.9 Å². The van der Waals surface area contributed by atoms with E-state index in [2.05, 4.69) is 10.3 Å². The summed E-state index contributed by atoms with van der Waals surface area (Å²) in [6.45, 7) is 0. The van der Waals surface area contributed by atoms with Crippen molar-refractivity contribution >= 4 is 68.1 Å². The van der Waals surface area contributed by atoms with Crippen LogP contribution in [0.25, 0.3) is 33.4 Å². The van der Waals surface area contributed by atoms with Crippen LogP contribution in [0.2, 0.25) is 15.1 Å². The lowest BCUT2D eigenvalue weighted by molar-refractivity contribution is 0.102. The Morgan fingerprint density at radius 1 is 0.788 bits per heavy atom. The Balaban J connectivity index is 1.51. The van der Waals surface area contributed by atoms with E-state index in [0.717, 1.165) is 16.5 Å². The molecule has 0 fully saturated rings. The van der Waals surface area contributed by atoms with Crippen LogP contribution in [0.5, 0.6) is 0 Å². The Bertz CT molecular complexity index is 1520. The molecule has 0 aliphatic heterocycles. The minimum atomic E-state index is -0.287. The van der Waals surface area contributed by atoms with Crippen LogP contribution in [-0.4, -0.2) is 15.9 Å². The van der Waals surface area contributed by atoms with Gasteiger partial charge in [0.15, 0.2) is 5.13 Å². The summed E-state index contributed by atoms with van der Waals surface area (Å²) >= 11 is 20.0. The van der Waals surface area contributed by atoms with E-state index in [1.54, 1.807) is 30.3 Å². The number of rotatable bonds is 4. The van der Waals surface area contributed by atoms with Crippen molar-refractivity contribution < 1.29 is 4.79 Å². The number of carbonyl (C=O) groups excluding carboxylic acids is 1. The van der Waals surface area contributed by atoms with Crippen LogP contribution in [0, 0.1) is 0 Å². The van der Waals surface area contributed by atoms with Gasteiger partial charge in [0.2, 0.25) is 0 Å². The summed E-state index contributed by atoms with van der Waals surface area (Å²) < 4.78 is 0. The lowest BCUT2D eigenvalue weighted by Crippen LogP contribution is -2.13. The third kappa shape index (κ3) is 4.45. The predicted molar refractivity (Wildman–Crippen MR) is 138 cm³/mol. The zero-order valence-corrected chi connectivity index (χ0v) is 19.9. The van der Waals surface area contributed by atoms with Crippen molar-refractivity contribution in [3.05, 3.63) is 98.8 Å². The number of fused-ring (bicyclic) bond motifs is 1. The van der Waals surface area contributed by atoms with Gasteiger partial charge in [-0.15, -0.1) is 11.3 Å². The number of carbonyl (C=O) groups is 1. The van der Waals surface area contributed by atoms with Gasteiger partial charge in [-0.3, -0.25) is 10.1 Å². The Kier molecular flexibility index (Phi) is 6.04. The average Bonchev–Trinajstić information content (AvgIpc) is 3.26. The minimum absolute atomic E-state index is 0.287. The molecule has 5 aromatic rings. The van der Waals surface area contributed by atoms with Gasteiger partial charge in [0.25, 0.3) is 5.91 Å². The first-order chi connectivity index (χ1) is 16.0. The SMILES string of the molecule is O=C(Nc1nc(-c2ccc(Cl)cc2Cl)cs1)c1cc(-c2ccccc2Cl)nc2ccccc12. The third-order valence-electron chi connectivity index (χ3n) is 5.04. The topological polar surface area (TPSA) is 54.9 Å². The zero-order chi connectivity index (χ0) is 22.9. The number of hydrogen-bond acceptors (Lipinski definition) is 4. The first kappa shape index (κ1) is 21.9. The number of anilines is 1. The number of aromatic nitrogens is 2. The van der Waals surface area contributed by atoms with Gasteiger partial charge < -0.3 is 0 Å². The molecule has 0 radical (unpaired) electrons. The van der Waals surface area contributed by atoms with Crippen LogP contribution in [-0.2, 0) is 0 Å². The molecule has 0 spiro atoms. The summed E-state index contributed by atoms with van der Waals surface area (Å²) in [5.41, 5.74) is 3.97. The predicted octanol–water partition coefficient (Wildman–Crippen LogP) is 8.24. The van der Waals surface area contributed by atoms with Crippen LogP contribution in [0.3, 0.4) is 0 Å². The van der Waals surface area contributed by atoms with Gasteiger partial charge in [-0.2, -0.15) is 0 Å². The third-order valence-corrected chi connectivity index (χ3v) is 6.68. The monoisotopic (exact) mass is 509 g/mol. The van der Waals surface area contributed by atoms with Gasteiger partial charge in [0.1, 0.15) is 0 Å². The Hall–Kier alpha value is -2.96. The highest BCUT2D eigenvalue weighted by Crippen LogP contribution is 2.33. The average molecular weight is 511 g/mol. The number of para-hydroxylation sites is 1. The lowest BCUT2D eigenvalue weighted by atomic mass is 10.0. The highest BCUT2D eigenvalue weighted by molar-refractivity contribution is 7.14. The molecule has 0 saturated heterocycles. The lowest BCUT2D eigenvalue weighted by Gasteiger charge is -2.10. The summed E-state index contributed by atoms with van der Waals surface area (Å²) in [7, 11) is 0. The van der Waals surface area contributed by atoms with Crippen molar-refractivity contribution in [3.8, 4) is 22.5 Å². The first-order valence-corrected chi connectivity index (χ1v) is 11.9. The van der Waals surface area contributed by atoms with Gasteiger partial charge in [0.05, 0.1) is 27.5 Å². The maximum absolute atomic E-state index is 13.3. The number of amides is 1. The number of nitrogens with one attached hydrogen (secondary N) is 1. The number of thiazole rings is 1. The molecule has 1 amide bonds. The molecule has 162 valence electrons. The second-order valence-corrected chi connectivity index (χ2v) is 9.28. The Morgan fingerprint density at radius 2 is 1.55 bits per heavy atom. The van der Waals surface area contributed by atoms with Crippen molar-refractivity contribution in [2.24, 2.45) is 0 Å². The van der Waals surface area contributed by atoms with Crippen molar-refractivity contribution in [2.75, 3.05) is 5.32 Å². The number of nitrogens with zero attached hydrogens (tertiary/aromatic N) is 2. The summed E-state index contributed by atoms with van der Waals surface area (Å²) in [6, 6.07) is 21.9. The maximum atomic E-state index is 13.3. The second kappa shape index (κ2) is 9.12. The van der Waals surface area contributed by atoms with Crippen molar-refractivity contribution in [1.29, 1.82) is 0 Å². The van der Waals surface area contributed by atoms with Gasteiger partial charge in [-0.05, 0) is 36.4 Å². The maximum Gasteiger partial charge on any atom is 0.258 e. The van der Waals surface area contributed by atoms with Crippen LogP contribution in [0.4, 0.5) is 5.13 Å². The molecule has 33 heavy (non-hydrogen) atoms. The summed E-state index contributed by atoms with van der Waals surface area (Å²) in [4.78, 5) is 22.6. The van der Waals surface area contributed by atoms with Crippen molar-refractivity contribution in [2.45, 2.75) is 0 Å². The van der Waals surface area contributed by atoms with E-state index in [1.807, 2.05) is 47.8 Å². The highest BCUT2D eigenvalue weighted by atomic mass is 35.5. The smallest absolute Gasteiger partial charge is 0.258 e. The summed E-state index contributed by atoms with van der Waals surface area (Å²) in [6.07, 6.45) is 0. The largest absolute Gasteiger partial charge is 0.298 e. The molecule has 2 aromatic heterocycles. The van der Waals surface area contributed by atoms with Crippen LogP contribution < -0.4 is 5.32 Å². The van der Waals surface area contributed by atoms with E-state index in [-0.39, 0.29) is 5.91 Å². The molecule has 2 heterocycles. The van der Waals surface area contributed by atoms with E-state index >= 15 is 0 Å². The number of halogens is 3. The van der Waals surface area contributed by atoms with Gasteiger partial charge in [-0.25, -0.2) is 9.97 Å². The van der Waals surface area contributed by atoms with E-state index in [1.165, 1.54) is 11.3 Å². The molecule has 0 aliphatic rings. The quantitative estimate of drug-likeness (QED) is 0.265. The molecule has 3 aromatic carbocycles. The van der Waals surface area contributed by atoms with Crippen LogP contribution in [0.1, 0.15) is 10.4 Å². The molecular formula is C25H14Cl3N3OS. The van der Waals surface area contributed by atoms with E-state index in [4.69, 9.17) is 39.8 Å². The molecule has 0 aliphatic carbocycles. The Morgan fingerprint density at radius 3 is 2.36 bits per heavy atom. The molecule has 0 saturated carbocycles. The highest BCUT2D eigenvalue weighted by Gasteiger charge is 2.17. The summed E-state index contributed by atoms with van der Waals surface area (Å²) in [5.74, 6) is -0.287. The molecule has 0 unspecified atom stereocenters. The fourth-order valence-electron chi connectivity index (χ4n) is 3.49. The van der Waals surface area contributed by atoms with E-state index < -0.39 is 0 Å². The van der Waals surface area contributed by atoms with Crippen molar-refractivity contribution in [1.82, 2.24) is 9.97 Å². The number of pyridine rings is 1. The van der Waals surface area contributed by atoms with Gasteiger partial charge in [-0.1, -0.05) is 71.2 Å². The molecule has 4 nitrogen and oxygen atoms in total. The molecule has 1 N–H and O–H groups in total. The molecular weight excluding hydrogens is 497 g/mol. The fraction of sp³-hybridized carbons (Fsp3) is 0. The Labute approximate surface area is 208 Å². The van der Waals surface area contributed by atoms with Crippen LogP contribution in [0.15, 0.2) is 78.2 Å². The molecule has 5 rings (SSSR count). The van der Waals surface area contributed by atoms with E-state index in [0.29, 0.717) is 42.7 Å². The number of benzene rings is 3. The molecule has 0 bridgehead atoms. The fourth-order valence-corrected chi connectivity index (χ4v) is 4.93. The standard InChI is InChI=1S/C25H14Cl3N3OS/c26-14-9-10-17(20(28)11-14)23-13-33-25(30-23)31-24(32)18-12-22(16-6-1-3-7-19(16)27)29-21-8-4-2-5-15(18)21/h1-13H,(H,30,31,32). The van der Waals surface area contributed by atoms with E-state index in [9.17, 15) is 4.79 Å². The first-order valence-electron chi connectivity index (χ1n) is 9.86. The normalized spacial score (nSPS) is 11.0. The zero-order valence-electron chi connectivity index (χ0n) is 16.9. The summed E-state index contributed by atoms with van der Waals surface area (Å²) in [5, 5.41) is 7.55. The number of hydrogen-bond donors (Lipinski definition) is 1. The second-order valence-electron chi connectivity index (χ2n) is 7.17. The minimum Gasteiger partial charge on any atom is -0.298 e. The van der Waals surface area contributed by atoms with Crippen LogP contribution >= 0.6 is 46.1 Å². The molecule has 0 atom stereocenters. The van der Waals surface area contributed by atoms with Crippen molar-refractivity contribution in [3.63, 3.8) is 0 Å².